The van der Waals surface area contributed by atoms with Crippen LogP contribution in [0.15, 0.2) is 57.8 Å². The molecule has 0 amide bonds. The fourth-order valence-corrected chi connectivity index (χ4v) is 2.93. The van der Waals surface area contributed by atoms with Crippen LogP contribution in [-0.4, -0.2) is 13.6 Å². The Hall–Kier alpha value is -1.36. The van der Waals surface area contributed by atoms with Gasteiger partial charge in [0.25, 0.3) is 10.0 Å². The first-order chi connectivity index (χ1) is 9.38. The topological polar surface area (TPSA) is 46.5 Å². The lowest BCUT2D eigenvalue weighted by Crippen LogP contribution is -2.01. The predicted octanol–water partition coefficient (Wildman–Crippen LogP) is 4.02. The van der Waals surface area contributed by atoms with Crippen molar-refractivity contribution in [1.82, 2.24) is 0 Å². The minimum absolute atomic E-state index is 0.0951. The summed E-state index contributed by atoms with van der Waals surface area (Å²) in [4.78, 5) is 0.107. The Bertz CT molecular complexity index is 736. The Morgan fingerprint density at radius 1 is 1.00 bits per heavy atom. The normalized spacial score (nSPS) is 12.4. The molecule has 0 N–H and O–H groups in total. The van der Waals surface area contributed by atoms with E-state index in [-0.39, 0.29) is 10.1 Å². The molecule has 0 spiro atoms. The van der Waals surface area contributed by atoms with E-state index in [1.54, 1.807) is 36.4 Å². The van der Waals surface area contributed by atoms with Crippen LogP contribution < -0.4 is 0 Å². The first-order valence-corrected chi connectivity index (χ1v) is 7.91. The third-order valence-electron chi connectivity index (χ3n) is 2.60. The second-order valence-electron chi connectivity index (χ2n) is 4.18. The van der Waals surface area contributed by atoms with Crippen LogP contribution in [0.3, 0.4) is 0 Å². The summed E-state index contributed by atoms with van der Waals surface area (Å²) < 4.78 is 27.8. The number of benzene rings is 2. The molecule has 0 heterocycles. The molecule has 2 aromatic rings. The van der Waals surface area contributed by atoms with Gasteiger partial charge in [0.05, 0.1) is 4.90 Å². The van der Waals surface area contributed by atoms with Gasteiger partial charge in [-0.3, -0.25) is 0 Å². The summed E-state index contributed by atoms with van der Waals surface area (Å²) in [5, 5.41) is 0.446. The van der Waals surface area contributed by atoms with E-state index < -0.39 is 10.0 Å². The van der Waals surface area contributed by atoms with Crippen LogP contribution in [0.5, 0.6) is 0 Å². The maximum absolute atomic E-state index is 12.1. The highest BCUT2D eigenvalue weighted by Gasteiger charge is 2.14. The lowest BCUT2D eigenvalue weighted by atomic mass is 10.2. The van der Waals surface area contributed by atoms with Crippen LogP contribution in [0.25, 0.3) is 0 Å². The van der Waals surface area contributed by atoms with Gasteiger partial charge in [-0.2, -0.15) is 8.42 Å². The zero-order valence-corrected chi connectivity index (χ0v) is 12.9. The van der Waals surface area contributed by atoms with E-state index in [4.69, 9.17) is 23.2 Å². The molecule has 0 fully saturated rings. The van der Waals surface area contributed by atoms with E-state index in [2.05, 4.69) is 4.40 Å². The number of sulfonamides is 1. The van der Waals surface area contributed by atoms with Gasteiger partial charge in [-0.25, -0.2) is 0 Å². The highest BCUT2D eigenvalue weighted by Crippen LogP contribution is 2.17. The summed E-state index contributed by atoms with van der Waals surface area (Å²) >= 11 is 11.7. The number of rotatable bonds is 3. The highest BCUT2D eigenvalue weighted by atomic mass is 35.5. The summed E-state index contributed by atoms with van der Waals surface area (Å²) in [5.41, 5.74) is 1.46. The van der Waals surface area contributed by atoms with Gasteiger partial charge in [-0.15, -0.1) is 4.40 Å². The average molecular weight is 328 g/mol. The Kier molecular flexibility index (Phi) is 4.48. The number of halogens is 2. The predicted molar refractivity (Wildman–Crippen MR) is 82.2 cm³/mol. The standard InChI is InChI=1S/C14H11Cl2NO2S/c1-10-2-8-13(9-3-10)20(18,19)17-14(16)11-4-6-12(15)7-5-11/h2-9H,1H3/b17-14-. The van der Waals surface area contributed by atoms with Crippen LogP contribution in [0.1, 0.15) is 11.1 Å². The van der Waals surface area contributed by atoms with Crippen LogP contribution >= 0.6 is 23.2 Å². The fraction of sp³-hybridized carbons (Fsp3) is 0.0714. The van der Waals surface area contributed by atoms with Gasteiger partial charge in [0.1, 0.15) is 5.17 Å². The third-order valence-corrected chi connectivity index (χ3v) is 4.55. The van der Waals surface area contributed by atoms with Gasteiger partial charge in [0.15, 0.2) is 0 Å². The van der Waals surface area contributed by atoms with Crippen molar-refractivity contribution in [3.05, 3.63) is 64.7 Å². The van der Waals surface area contributed by atoms with E-state index in [1.165, 1.54) is 12.1 Å². The SMILES string of the molecule is Cc1ccc(S(=O)(=O)/N=C(\Cl)c2ccc(Cl)cc2)cc1. The van der Waals surface area contributed by atoms with Crippen molar-refractivity contribution in [2.75, 3.05) is 0 Å². The molecule has 104 valence electrons. The van der Waals surface area contributed by atoms with Crippen molar-refractivity contribution in [2.45, 2.75) is 11.8 Å². The van der Waals surface area contributed by atoms with Gasteiger partial charge in [0.2, 0.25) is 0 Å². The molecule has 0 saturated carbocycles. The van der Waals surface area contributed by atoms with Crippen LogP contribution in [-0.2, 0) is 10.0 Å². The van der Waals surface area contributed by atoms with Crippen molar-refractivity contribution in [1.29, 1.82) is 0 Å². The molecule has 0 atom stereocenters. The summed E-state index contributed by atoms with van der Waals surface area (Å²) in [6.07, 6.45) is 0. The summed E-state index contributed by atoms with van der Waals surface area (Å²) in [6, 6.07) is 12.9. The molecule has 0 aliphatic heterocycles. The summed E-state index contributed by atoms with van der Waals surface area (Å²) in [6.45, 7) is 1.88. The molecule has 0 aliphatic rings. The molecular weight excluding hydrogens is 317 g/mol. The molecule has 0 aromatic heterocycles. The number of aryl methyl sites for hydroxylation is 1. The zero-order chi connectivity index (χ0) is 14.8. The van der Waals surface area contributed by atoms with Crippen LogP contribution in [0.4, 0.5) is 0 Å². The van der Waals surface area contributed by atoms with Crippen molar-refractivity contribution in [3.63, 3.8) is 0 Å². The van der Waals surface area contributed by atoms with Crippen LogP contribution in [0, 0.1) is 6.92 Å². The van der Waals surface area contributed by atoms with Gasteiger partial charge < -0.3 is 0 Å². The number of nitrogens with zero attached hydrogens (tertiary/aromatic N) is 1. The van der Waals surface area contributed by atoms with Crippen molar-refractivity contribution >= 4 is 38.4 Å². The molecule has 2 aromatic carbocycles. The summed E-state index contributed by atoms with van der Waals surface area (Å²) in [5.74, 6) is 0. The van der Waals surface area contributed by atoms with Gasteiger partial charge >= 0.3 is 0 Å². The first-order valence-electron chi connectivity index (χ1n) is 5.71. The van der Waals surface area contributed by atoms with Gasteiger partial charge in [-0.1, -0.05) is 53.0 Å². The molecule has 0 radical (unpaired) electrons. The maximum Gasteiger partial charge on any atom is 0.283 e. The second-order valence-corrected chi connectivity index (χ2v) is 6.58. The average Bonchev–Trinajstić information content (AvgIpc) is 2.39. The molecule has 0 aliphatic carbocycles. The van der Waals surface area contributed by atoms with E-state index >= 15 is 0 Å². The van der Waals surface area contributed by atoms with E-state index in [0.717, 1.165) is 5.56 Å². The molecule has 0 unspecified atom stereocenters. The first kappa shape index (κ1) is 15.0. The second kappa shape index (κ2) is 5.95. The van der Waals surface area contributed by atoms with Crippen LogP contribution in [0.2, 0.25) is 5.02 Å². The monoisotopic (exact) mass is 327 g/mol. The smallest absolute Gasteiger partial charge is 0.199 e. The number of hydrogen-bond donors (Lipinski definition) is 0. The Morgan fingerprint density at radius 3 is 2.10 bits per heavy atom. The quantitative estimate of drug-likeness (QED) is 0.799. The van der Waals surface area contributed by atoms with Crippen molar-refractivity contribution < 1.29 is 8.42 Å². The molecule has 0 bridgehead atoms. The molecule has 0 saturated heterocycles. The van der Waals surface area contributed by atoms with E-state index in [9.17, 15) is 8.42 Å². The molecule has 3 nitrogen and oxygen atoms in total. The number of hydrogen-bond acceptors (Lipinski definition) is 2. The Morgan fingerprint density at radius 2 is 1.55 bits per heavy atom. The van der Waals surface area contributed by atoms with E-state index in [1.807, 2.05) is 6.92 Å². The van der Waals surface area contributed by atoms with Gasteiger partial charge in [-0.05, 0) is 31.2 Å². The third kappa shape index (κ3) is 3.60. The van der Waals surface area contributed by atoms with E-state index in [0.29, 0.717) is 10.6 Å². The van der Waals surface area contributed by atoms with Crippen molar-refractivity contribution in [3.8, 4) is 0 Å². The summed E-state index contributed by atoms with van der Waals surface area (Å²) in [7, 11) is -3.81. The maximum atomic E-state index is 12.1. The molecule has 2 rings (SSSR count). The zero-order valence-electron chi connectivity index (χ0n) is 10.5. The lowest BCUT2D eigenvalue weighted by Gasteiger charge is -2.02. The lowest BCUT2D eigenvalue weighted by molar-refractivity contribution is 0.598. The Labute approximate surface area is 127 Å². The van der Waals surface area contributed by atoms with Crippen molar-refractivity contribution in [2.24, 2.45) is 4.40 Å². The minimum Gasteiger partial charge on any atom is -0.199 e. The Balaban J connectivity index is 2.37. The van der Waals surface area contributed by atoms with Gasteiger partial charge in [0, 0.05) is 10.6 Å². The molecule has 6 heteroatoms. The minimum atomic E-state index is -3.81. The highest BCUT2D eigenvalue weighted by molar-refractivity contribution is 7.90. The largest absolute Gasteiger partial charge is 0.283 e. The molecular formula is C14H11Cl2NO2S. The molecule has 20 heavy (non-hydrogen) atoms. The fourth-order valence-electron chi connectivity index (χ4n) is 1.51.